The molecule has 1 aromatic rings. The highest BCUT2D eigenvalue weighted by atomic mass is 19.4. The summed E-state index contributed by atoms with van der Waals surface area (Å²) in [6.07, 6.45) is -6.73. The van der Waals surface area contributed by atoms with Gasteiger partial charge in [0, 0.05) is 18.7 Å². The first kappa shape index (κ1) is 14.8. The summed E-state index contributed by atoms with van der Waals surface area (Å²) in [4.78, 5) is 0. The summed E-state index contributed by atoms with van der Waals surface area (Å²) in [7, 11) is 0. The van der Waals surface area contributed by atoms with Gasteiger partial charge in [-0.1, -0.05) is 0 Å². The number of hydrogen-bond donors (Lipinski definition) is 2. The molecule has 102 valence electrons. The van der Waals surface area contributed by atoms with E-state index in [2.05, 4.69) is 5.32 Å². The number of nitrogens with one attached hydrogen (secondary N) is 1. The van der Waals surface area contributed by atoms with Crippen LogP contribution in [-0.4, -0.2) is 24.4 Å². The second kappa shape index (κ2) is 6.10. The van der Waals surface area contributed by atoms with E-state index in [0.717, 1.165) is 18.2 Å². The molecule has 1 rings (SSSR count). The van der Waals surface area contributed by atoms with E-state index in [0.29, 0.717) is 0 Å². The summed E-state index contributed by atoms with van der Waals surface area (Å²) in [6.45, 7) is -0.673. The lowest BCUT2D eigenvalue weighted by molar-refractivity contribution is -0.133. The Labute approximate surface area is 100 Å². The van der Waals surface area contributed by atoms with Gasteiger partial charge in [-0.2, -0.15) is 13.2 Å². The summed E-state index contributed by atoms with van der Waals surface area (Å²) < 4.78 is 61.4. The second-order valence-electron chi connectivity index (χ2n) is 3.75. The van der Waals surface area contributed by atoms with Crippen LogP contribution in [0.3, 0.4) is 0 Å². The highest BCUT2D eigenvalue weighted by Gasteiger charge is 2.26. The minimum atomic E-state index is -4.29. The van der Waals surface area contributed by atoms with Gasteiger partial charge in [0.1, 0.15) is 11.6 Å². The fraction of sp³-hybridized carbons (Fsp3) is 0.455. The van der Waals surface area contributed by atoms with Gasteiger partial charge in [0.2, 0.25) is 0 Å². The fourth-order valence-corrected chi connectivity index (χ4v) is 1.35. The maximum atomic E-state index is 13.2. The van der Waals surface area contributed by atoms with Gasteiger partial charge >= 0.3 is 6.18 Å². The fourth-order valence-electron chi connectivity index (χ4n) is 1.35. The lowest BCUT2D eigenvalue weighted by Gasteiger charge is -2.13. The molecule has 7 heteroatoms. The zero-order valence-electron chi connectivity index (χ0n) is 9.27. The van der Waals surface area contributed by atoms with Crippen molar-refractivity contribution in [2.75, 3.05) is 13.1 Å². The maximum Gasteiger partial charge on any atom is 0.390 e. The molecule has 0 aliphatic rings. The second-order valence-corrected chi connectivity index (χ2v) is 3.75. The van der Waals surface area contributed by atoms with Crippen molar-refractivity contribution in [2.45, 2.75) is 18.7 Å². The number of rotatable bonds is 5. The number of halogens is 5. The normalized spacial score (nSPS) is 13.7. The van der Waals surface area contributed by atoms with Crippen LogP contribution in [0, 0.1) is 11.6 Å². The van der Waals surface area contributed by atoms with E-state index in [-0.39, 0.29) is 12.1 Å². The zero-order chi connectivity index (χ0) is 13.8. The highest BCUT2D eigenvalue weighted by molar-refractivity contribution is 5.21. The van der Waals surface area contributed by atoms with Crippen molar-refractivity contribution in [3.63, 3.8) is 0 Å². The van der Waals surface area contributed by atoms with E-state index in [1.165, 1.54) is 0 Å². The predicted octanol–water partition coefficient (Wildman–Crippen LogP) is 2.54. The largest absolute Gasteiger partial charge is 0.390 e. The summed E-state index contributed by atoms with van der Waals surface area (Å²) in [5.41, 5.74) is -0.283. The molecule has 0 aliphatic heterocycles. The Hall–Kier alpha value is -1.21. The molecule has 18 heavy (non-hydrogen) atoms. The third-order valence-corrected chi connectivity index (χ3v) is 2.24. The molecule has 1 unspecified atom stereocenters. The zero-order valence-corrected chi connectivity index (χ0v) is 9.27. The Morgan fingerprint density at radius 3 is 2.50 bits per heavy atom. The molecule has 1 aromatic carbocycles. The number of aliphatic hydroxyl groups is 1. The molecular weight excluding hydrogens is 257 g/mol. The van der Waals surface area contributed by atoms with Crippen molar-refractivity contribution in [1.82, 2.24) is 5.32 Å². The van der Waals surface area contributed by atoms with Crippen molar-refractivity contribution < 1.29 is 27.1 Å². The first-order valence-corrected chi connectivity index (χ1v) is 5.20. The first-order valence-electron chi connectivity index (χ1n) is 5.20. The van der Waals surface area contributed by atoms with Crippen LogP contribution in [0.4, 0.5) is 22.0 Å². The standard InChI is InChI=1S/C11H12F5NO/c12-7-1-2-9(13)8(5-7)10(18)6-17-4-3-11(14,15)16/h1-2,5,10,17-18H,3-4,6H2. The predicted molar refractivity (Wildman–Crippen MR) is 54.9 cm³/mol. The van der Waals surface area contributed by atoms with Crippen molar-refractivity contribution in [2.24, 2.45) is 0 Å². The molecule has 0 fully saturated rings. The molecule has 2 N–H and O–H groups in total. The van der Waals surface area contributed by atoms with Crippen LogP contribution in [0.1, 0.15) is 18.1 Å². The smallest absolute Gasteiger partial charge is 0.387 e. The number of aliphatic hydroxyl groups excluding tert-OH is 1. The average molecular weight is 269 g/mol. The van der Waals surface area contributed by atoms with Gasteiger partial charge < -0.3 is 10.4 Å². The molecule has 1 atom stereocenters. The monoisotopic (exact) mass is 269 g/mol. The molecule has 0 radical (unpaired) electrons. The van der Waals surface area contributed by atoms with Gasteiger partial charge in [-0.3, -0.25) is 0 Å². The Bertz CT molecular complexity index is 394. The summed E-state index contributed by atoms with van der Waals surface area (Å²) in [6, 6.07) is 2.55. The van der Waals surface area contributed by atoms with Gasteiger partial charge in [0.25, 0.3) is 0 Å². The SMILES string of the molecule is OC(CNCCC(F)(F)F)c1cc(F)ccc1F. The van der Waals surface area contributed by atoms with Gasteiger partial charge in [0.15, 0.2) is 0 Å². The van der Waals surface area contributed by atoms with Crippen molar-refractivity contribution in [1.29, 1.82) is 0 Å². The minimum Gasteiger partial charge on any atom is -0.387 e. The Morgan fingerprint density at radius 2 is 1.89 bits per heavy atom. The molecule has 2 nitrogen and oxygen atoms in total. The van der Waals surface area contributed by atoms with Gasteiger partial charge in [-0.25, -0.2) is 8.78 Å². The Morgan fingerprint density at radius 1 is 1.22 bits per heavy atom. The van der Waals surface area contributed by atoms with Crippen molar-refractivity contribution in [3.05, 3.63) is 35.4 Å². The lowest BCUT2D eigenvalue weighted by atomic mass is 10.1. The van der Waals surface area contributed by atoms with Crippen LogP contribution < -0.4 is 5.32 Å². The molecule has 0 bridgehead atoms. The van der Waals surface area contributed by atoms with Crippen LogP contribution in [0.5, 0.6) is 0 Å². The van der Waals surface area contributed by atoms with Crippen molar-refractivity contribution >= 4 is 0 Å². The average Bonchev–Trinajstić information content (AvgIpc) is 2.26. The van der Waals surface area contributed by atoms with E-state index in [9.17, 15) is 27.1 Å². The molecule has 0 amide bonds. The maximum absolute atomic E-state index is 13.2. The third kappa shape index (κ3) is 4.97. The Balaban J connectivity index is 2.45. The topological polar surface area (TPSA) is 32.3 Å². The van der Waals surface area contributed by atoms with Crippen LogP contribution in [0.25, 0.3) is 0 Å². The van der Waals surface area contributed by atoms with Crippen LogP contribution in [0.2, 0.25) is 0 Å². The van der Waals surface area contributed by atoms with Gasteiger partial charge in [-0.15, -0.1) is 0 Å². The van der Waals surface area contributed by atoms with E-state index >= 15 is 0 Å². The Kier molecular flexibility index (Phi) is 5.03. The molecule has 0 saturated carbocycles. The molecule has 0 aromatic heterocycles. The summed E-state index contributed by atoms with van der Waals surface area (Å²) in [5.74, 6) is -1.53. The summed E-state index contributed by atoms with van der Waals surface area (Å²) in [5, 5.41) is 11.8. The first-order chi connectivity index (χ1) is 8.29. The molecular formula is C11H12F5NO. The third-order valence-electron chi connectivity index (χ3n) is 2.24. The van der Waals surface area contributed by atoms with Crippen LogP contribution in [0.15, 0.2) is 18.2 Å². The quantitative estimate of drug-likeness (QED) is 0.636. The molecule has 0 heterocycles. The van der Waals surface area contributed by atoms with E-state index in [1.54, 1.807) is 0 Å². The van der Waals surface area contributed by atoms with E-state index < -0.39 is 36.9 Å². The van der Waals surface area contributed by atoms with E-state index in [4.69, 9.17) is 0 Å². The van der Waals surface area contributed by atoms with Crippen LogP contribution in [-0.2, 0) is 0 Å². The summed E-state index contributed by atoms with van der Waals surface area (Å²) >= 11 is 0. The van der Waals surface area contributed by atoms with Crippen LogP contribution >= 0.6 is 0 Å². The minimum absolute atomic E-state index is 0.281. The number of alkyl halides is 3. The van der Waals surface area contributed by atoms with Gasteiger partial charge in [-0.05, 0) is 18.2 Å². The highest BCUT2D eigenvalue weighted by Crippen LogP contribution is 2.19. The van der Waals surface area contributed by atoms with Gasteiger partial charge in [0.05, 0.1) is 12.5 Å². The molecule has 0 aliphatic carbocycles. The molecule has 0 spiro atoms. The molecule has 0 saturated heterocycles. The lowest BCUT2D eigenvalue weighted by Crippen LogP contribution is -2.26. The van der Waals surface area contributed by atoms with E-state index in [1.807, 2.05) is 0 Å². The number of benzene rings is 1. The van der Waals surface area contributed by atoms with Crippen molar-refractivity contribution in [3.8, 4) is 0 Å². The number of hydrogen-bond acceptors (Lipinski definition) is 2.